The van der Waals surface area contributed by atoms with Crippen molar-refractivity contribution in [2.45, 2.75) is 6.92 Å². The SMILES string of the molecule is Cc1ccc(-c2nnc(-c3ccccc3)o2)cc1N. The lowest BCUT2D eigenvalue weighted by Crippen LogP contribution is -1.89. The number of nitrogens with two attached hydrogens (primary N) is 1. The highest BCUT2D eigenvalue weighted by Crippen LogP contribution is 2.25. The lowest BCUT2D eigenvalue weighted by molar-refractivity contribution is 0.584. The summed E-state index contributed by atoms with van der Waals surface area (Å²) in [5.41, 5.74) is 9.37. The number of rotatable bonds is 2. The number of nitrogens with zero attached hydrogens (tertiary/aromatic N) is 2. The molecule has 0 atom stereocenters. The van der Waals surface area contributed by atoms with Crippen LogP contribution < -0.4 is 5.73 Å². The second kappa shape index (κ2) is 4.57. The lowest BCUT2D eigenvalue weighted by Gasteiger charge is -2.00. The third-order valence-electron chi connectivity index (χ3n) is 2.97. The predicted molar refractivity (Wildman–Crippen MR) is 74.3 cm³/mol. The van der Waals surface area contributed by atoms with Crippen LogP contribution in [0.5, 0.6) is 0 Å². The summed E-state index contributed by atoms with van der Waals surface area (Å²) in [6.07, 6.45) is 0. The highest BCUT2D eigenvalue weighted by atomic mass is 16.4. The van der Waals surface area contributed by atoms with E-state index in [1.54, 1.807) is 0 Å². The maximum Gasteiger partial charge on any atom is 0.248 e. The minimum Gasteiger partial charge on any atom is -0.416 e. The molecular weight excluding hydrogens is 238 g/mol. The molecule has 2 aromatic carbocycles. The Morgan fingerprint density at radius 2 is 1.58 bits per heavy atom. The molecule has 0 fully saturated rings. The molecule has 3 rings (SSSR count). The van der Waals surface area contributed by atoms with Gasteiger partial charge in [-0.05, 0) is 36.8 Å². The van der Waals surface area contributed by atoms with Gasteiger partial charge in [-0.1, -0.05) is 24.3 Å². The highest BCUT2D eigenvalue weighted by molar-refractivity contribution is 5.63. The van der Waals surface area contributed by atoms with Crippen LogP contribution in [0.15, 0.2) is 52.9 Å². The predicted octanol–water partition coefficient (Wildman–Crippen LogP) is 3.29. The molecule has 94 valence electrons. The van der Waals surface area contributed by atoms with Crippen LogP contribution in [0.3, 0.4) is 0 Å². The Hall–Kier alpha value is -2.62. The molecule has 0 spiro atoms. The quantitative estimate of drug-likeness (QED) is 0.710. The number of nitrogen functional groups attached to an aromatic ring is 1. The van der Waals surface area contributed by atoms with E-state index in [4.69, 9.17) is 10.2 Å². The zero-order valence-corrected chi connectivity index (χ0v) is 10.5. The number of aromatic nitrogens is 2. The number of anilines is 1. The van der Waals surface area contributed by atoms with Crippen LogP contribution in [0.2, 0.25) is 0 Å². The molecule has 1 heterocycles. The summed E-state index contributed by atoms with van der Waals surface area (Å²) in [6.45, 7) is 1.96. The van der Waals surface area contributed by atoms with Crippen LogP contribution in [0.4, 0.5) is 5.69 Å². The Kier molecular flexibility index (Phi) is 2.76. The summed E-state index contributed by atoms with van der Waals surface area (Å²) in [7, 11) is 0. The first kappa shape index (κ1) is 11.5. The molecule has 0 aliphatic rings. The first-order chi connectivity index (χ1) is 9.24. The molecule has 2 N–H and O–H groups in total. The van der Waals surface area contributed by atoms with Crippen molar-refractivity contribution in [3.63, 3.8) is 0 Å². The van der Waals surface area contributed by atoms with Crippen LogP contribution in [0, 0.1) is 6.92 Å². The van der Waals surface area contributed by atoms with Gasteiger partial charge in [0.25, 0.3) is 0 Å². The van der Waals surface area contributed by atoms with E-state index in [2.05, 4.69) is 10.2 Å². The maximum absolute atomic E-state index is 5.89. The smallest absolute Gasteiger partial charge is 0.248 e. The van der Waals surface area contributed by atoms with E-state index in [-0.39, 0.29) is 0 Å². The van der Waals surface area contributed by atoms with Gasteiger partial charge in [-0.15, -0.1) is 10.2 Å². The first-order valence-corrected chi connectivity index (χ1v) is 5.99. The van der Waals surface area contributed by atoms with Gasteiger partial charge in [0.1, 0.15) is 0 Å². The standard InChI is InChI=1S/C15H13N3O/c1-10-7-8-12(9-13(10)16)15-18-17-14(19-15)11-5-3-2-4-6-11/h2-9H,16H2,1H3. The van der Waals surface area contributed by atoms with E-state index in [1.165, 1.54) is 0 Å². The van der Waals surface area contributed by atoms with Gasteiger partial charge in [-0.3, -0.25) is 0 Å². The molecule has 19 heavy (non-hydrogen) atoms. The Morgan fingerprint density at radius 3 is 2.26 bits per heavy atom. The fraction of sp³-hybridized carbons (Fsp3) is 0.0667. The van der Waals surface area contributed by atoms with Crippen molar-refractivity contribution in [2.75, 3.05) is 5.73 Å². The number of aryl methyl sites for hydroxylation is 1. The molecule has 1 aromatic heterocycles. The average Bonchev–Trinajstić information content (AvgIpc) is 2.93. The normalized spacial score (nSPS) is 10.6. The highest BCUT2D eigenvalue weighted by Gasteiger charge is 2.10. The lowest BCUT2D eigenvalue weighted by atomic mass is 10.1. The van der Waals surface area contributed by atoms with Gasteiger partial charge in [-0.25, -0.2) is 0 Å². The van der Waals surface area contributed by atoms with Gasteiger partial charge < -0.3 is 10.2 Å². The molecule has 0 unspecified atom stereocenters. The van der Waals surface area contributed by atoms with Crippen molar-refractivity contribution < 1.29 is 4.42 Å². The van der Waals surface area contributed by atoms with Gasteiger partial charge in [0.15, 0.2) is 0 Å². The largest absolute Gasteiger partial charge is 0.416 e. The number of hydrogen-bond donors (Lipinski definition) is 1. The van der Waals surface area contributed by atoms with E-state index in [0.717, 1.165) is 22.4 Å². The van der Waals surface area contributed by atoms with Crippen LogP contribution >= 0.6 is 0 Å². The third-order valence-corrected chi connectivity index (χ3v) is 2.97. The molecule has 0 radical (unpaired) electrons. The van der Waals surface area contributed by atoms with Crippen molar-refractivity contribution in [3.05, 3.63) is 54.1 Å². The van der Waals surface area contributed by atoms with E-state index < -0.39 is 0 Å². The first-order valence-electron chi connectivity index (χ1n) is 5.99. The molecule has 0 saturated heterocycles. The van der Waals surface area contributed by atoms with Crippen LogP contribution in [-0.4, -0.2) is 10.2 Å². The molecule has 0 amide bonds. The van der Waals surface area contributed by atoms with Crippen LogP contribution in [-0.2, 0) is 0 Å². The summed E-state index contributed by atoms with van der Waals surface area (Å²) in [4.78, 5) is 0. The van der Waals surface area contributed by atoms with Crippen LogP contribution in [0.1, 0.15) is 5.56 Å². The fourth-order valence-electron chi connectivity index (χ4n) is 1.81. The summed E-state index contributed by atoms with van der Waals surface area (Å²) in [5.74, 6) is 0.986. The van der Waals surface area contributed by atoms with Gasteiger partial charge in [0.2, 0.25) is 11.8 Å². The summed E-state index contributed by atoms with van der Waals surface area (Å²) in [5, 5.41) is 8.12. The van der Waals surface area contributed by atoms with Crippen molar-refractivity contribution >= 4 is 5.69 Å². The van der Waals surface area contributed by atoms with E-state index in [1.807, 2.05) is 55.5 Å². The molecule has 0 aliphatic heterocycles. The van der Waals surface area contributed by atoms with Crippen molar-refractivity contribution in [2.24, 2.45) is 0 Å². The Balaban J connectivity index is 1.99. The number of benzene rings is 2. The van der Waals surface area contributed by atoms with E-state index >= 15 is 0 Å². The molecule has 0 saturated carbocycles. The van der Waals surface area contributed by atoms with Crippen LogP contribution in [0.25, 0.3) is 22.9 Å². The van der Waals surface area contributed by atoms with Gasteiger partial charge in [-0.2, -0.15) is 0 Å². The summed E-state index contributed by atoms with van der Waals surface area (Å²) in [6, 6.07) is 15.4. The van der Waals surface area contributed by atoms with Crippen molar-refractivity contribution in [1.29, 1.82) is 0 Å². The van der Waals surface area contributed by atoms with Gasteiger partial charge in [0, 0.05) is 16.8 Å². The molecular formula is C15H13N3O. The summed E-state index contributed by atoms with van der Waals surface area (Å²) < 4.78 is 5.67. The van der Waals surface area contributed by atoms with Gasteiger partial charge in [0.05, 0.1) is 0 Å². The summed E-state index contributed by atoms with van der Waals surface area (Å²) >= 11 is 0. The zero-order chi connectivity index (χ0) is 13.2. The van der Waals surface area contributed by atoms with E-state index in [9.17, 15) is 0 Å². The third kappa shape index (κ3) is 2.20. The minimum absolute atomic E-state index is 0.477. The molecule has 0 bridgehead atoms. The fourth-order valence-corrected chi connectivity index (χ4v) is 1.81. The zero-order valence-electron chi connectivity index (χ0n) is 10.5. The molecule has 3 aromatic rings. The van der Waals surface area contributed by atoms with Gasteiger partial charge >= 0.3 is 0 Å². The number of hydrogen-bond acceptors (Lipinski definition) is 4. The topological polar surface area (TPSA) is 64.9 Å². The van der Waals surface area contributed by atoms with E-state index in [0.29, 0.717) is 11.8 Å². The Labute approximate surface area is 110 Å². The second-order valence-corrected chi connectivity index (χ2v) is 4.35. The van der Waals surface area contributed by atoms with Crippen molar-refractivity contribution in [1.82, 2.24) is 10.2 Å². The molecule has 0 aliphatic carbocycles. The minimum atomic E-state index is 0.477. The Morgan fingerprint density at radius 1 is 0.895 bits per heavy atom. The monoisotopic (exact) mass is 251 g/mol. The Bertz CT molecular complexity index is 704. The second-order valence-electron chi connectivity index (χ2n) is 4.35. The van der Waals surface area contributed by atoms with Crippen molar-refractivity contribution in [3.8, 4) is 22.9 Å². The molecule has 4 heteroatoms. The molecule has 4 nitrogen and oxygen atoms in total. The maximum atomic E-state index is 5.89. The average molecular weight is 251 g/mol.